The Labute approximate surface area is 113 Å². The Morgan fingerprint density at radius 2 is 1.61 bits per heavy atom. The van der Waals surface area contributed by atoms with Gasteiger partial charge in [-0.05, 0) is 6.42 Å². The first kappa shape index (κ1) is 20.2. The smallest absolute Gasteiger partial charge is 0.214 e. The predicted octanol–water partition coefficient (Wildman–Crippen LogP) is 1.74. The van der Waals surface area contributed by atoms with Crippen molar-refractivity contribution in [1.82, 2.24) is 4.31 Å². The van der Waals surface area contributed by atoms with Gasteiger partial charge in [-0.3, -0.25) is 0 Å². The molecule has 0 N–H and O–H groups in total. The molecule has 1 saturated heterocycles. The Balaban J connectivity index is 0. The van der Waals surface area contributed by atoms with Crippen LogP contribution >= 0.6 is 0 Å². The minimum atomic E-state index is -3.08. The van der Waals surface area contributed by atoms with Gasteiger partial charge in [0.15, 0.2) is 0 Å². The van der Waals surface area contributed by atoms with Crippen LogP contribution in [0.15, 0.2) is 0 Å². The third-order valence-corrected chi connectivity index (χ3v) is 4.07. The zero-order valence-corrected chi connectivity index (χ0v) is 13.3. The van der Waals surface area contributed by atoms with Crippen molar-refractivity contribution in [3.05, 3.63) is 0 Å². The fourth-order valence-corrected chi connectivity index (χ4v) is 2.79. The summed E-state index contributed by atoms with van der Waals surface area (Å²) in [4.78, 5) is 0. The van der Waals surface area contributed by atoms with Gasteiger partial charge in [0, 0.05) is 26.8 Å². The lowest BCUT2D eigenvalue weighted by molar-refractivity contribution is 0.0729. The summed E-state index contributed by atoms with van der Waals surface area (Å²) in [5.41, 5.74) is 0. The van der Waals surface area contributed by atoms with Crippen LogP contribution in [-0.4, -0.2) is 58.5 Å². The molecular formula is C12H29NO4S. The highest BCUT2D eigenvalue weighted by Gasteiger charge is 2.23. The Morgan fingerprint density at radius 3 is 2.06 bits per heavy atom. The summed E-state index contributed by atoms with van der Waals surface area (Å²) in [7, 11) is -1.51. The Bertz CT molecular complexity index is 249. The molecule has 18 heavy (non-hydrogen) atoms. The van der Waals surface area contributed by atoms with Gasteiger partial charge in [0.25, 0.3) is 0 Å². The van der Waals surface area contributed by atoms with Gasteiger partial charge in [0.2, 0.25) is 10.0 Å². The van der Waals surface area contributed by atoms with Gasteiger partial charge in [-0.25, -0.2) is 8.42 Å². The number of morpholine rings is 1. The molecule has 1 rings (SSSR count). The van der Waals surface area contributed by atoms with Crippen LogP contribution < -0.4 is 0 Å². The molecule has 0 amide bonds. The summed E-state index contributed by atoms with van der Waals surface area (Å²) < 4.78 is 34.7. The molecule has 6 heteroatoms. The molecule has 0 unspecified atom stereocenters. The van der Waals surface area contributed by atoms with E-state index in [1.165, 1.54) is 4.31 Å². The van der Waals surface area contributed by atoms with Gasteiger partial charge < -0.3 is 9.47 Å². The van der Waals surface area contributed by atoms with E-state index in [1.54, 1.807) is 7.11 Å². The van der Waals surface area contributed by atoms with Crippen LogP contribution in [-0.2, 0) is 19.5 Å². The second-order valence-electron chi connectivity index (χ2n) is 3.17. The highest BCUT2D eigenvalue weighted by molar-refractivity contribution is 7.89. The van der Waals surface area contributed by atoms with Crippen LogP contribution in [0, 0.1) is 0 Å². The minimum absolute atomic E-state index is 0.167. The first-order valence-electron chi connectivity index (χ1n) is 6.71. The summed E-state index contributed by atoms with van der Waals surface area (Å²) in [5, 5.41) is 0. The molecule has 0 radical (unpaired) electrons. The summed E-state index contributed by atoms with van der Waals surface area (Å²) in [6.07, 6.45) is 0.552. The Morgan fingerprint density at radius 1 is 1.11 bits per heavy atom. The molecule has 0 saturated carbocycles. The van der Waals surface area contributed by atoms with Crippen LogP contribution in [0.4, 0.5) is 0 Å². The lowest BCUT2D eigenvalue weighted by atomic mass is 10.5. The van der Waals surface area contributed by atoms with Crippen molar-refractivity contribution in [2.24, 2.45) is 0 Å². The second-order valence-corrected chi connectivity index (χ2v) is 5.26. The van der Waals surface area contributed by atoms with Gasteiger partial charge in [0.05, 0.1) is 19.0 Å². The first-order valence-corrected chi connectivity index (χ1v) is 8.32. The lowest BCUT2D eigenvalue weighted by Crippen LogP contribution is -2.41. The van der Waals surface area contributed by atoms with Crippen molar-refractivity contribution >= 4 is 10.0 Å². The van der Waals surface area contributed by atoms with E-state index >= 15 is 0 Å². The summed E-state index contributed by atoms with van der Waals surface area (Å²) >= 11 is 0. The van der Waals surface area contributed by atoms with Crippen LogP contribution in [0.5, 0.6) is 0 Å². The summed E-state index contributed by atoms with van der Waals surface area (Å²) in [6.45, 7) is 10.5. The average Bonchev–Trinajstić information content (AvgIpc) is 2.44. The van der Waals surface area contributed by atoms with Gasteiger partial charge in [0.1, 0.15) is 0 Å². The number of hydrogen-bond donors (Lipinski definition) is 0. The van der Waals surface area contributed by atoms with E-state index < -0.39 is 10.0 Å². The van der Waals surface area contributed by atoms with Crippen molar-refractivity contribution in [3.63, 3.8) is 0 Å². The van der Waals surface area contributed by atoms with E-state index in [0.717, 1.165) is 0 Å². The first-order chi connectivity index (χ1) is 8.67. The molecule has 0 spiro atoms. The van der Waals surface area contributed by atoms with E-state index in [4.69, 9.17) is 9.47 Å². The summed E-state index contributed by atoms with van der Waals surface area (Å²) in [6, 6.07) is 0. The quantitative estimate of drug-likeness (QED) is 0.721. The van der Waals surface area contributed by atoms with Crippen LogP contribution in [0.3, 0.4) is 0 Å². The third kappa shape index (κ3) is 8.85. The molecule has 1 fully saturated rings. The molecule has 0 aliphatic carbocycles. The van der Waals surface area contributed by atoms with Crippen molar-refractivity contribution < 1.29 is 17.9 Å². The van der Waals surface area contributed by atoms with Crippen LogP contribution in [0.2, 0.25) is 0 Å². The maximum absolute atomic E-state index is 11.7. The van der Waals surface area contributed by atoms with Gasteiger partial charge >= 0.3 is 0 Å². The van der Waals surface area contributed by atoms with E-state index in [2.05, 4.69) is 0 Å². The van der Waals surface area contributed by atoms with Crippen LogP contribution in [0.25, 0.3) is 0 Å². The fourth-order valence-electron chi connectivity index (χ4n) is 1.34. The molecule has 1 aliphatic rings. The average molecular weight is 283 g/mol. The molecule has 0 aromatic rings. The maximum atomic E-state index is 11.7. The van der Waals surface area contributed by atoms with Crippen LogP contribution in [0.1, 0.15) is 34.1 Å². The number of ether oxygens (including phenoxy) is 2. The molecule has 0 bridgehead atoms. The summed E-state index contributed by atoms with van der Waals surface area (Å²) in [5.74, 6) is 0.167. The SMILES string of the molecule is CC.CC.COCCCS(=O)(=O)N1CCOCC1. The zero-order chi connectivity index (χ0) is 14.4. The Kier molecular flexibility index (Phi) is 14.9. The predicted molar refractivity (Wildman–Crippen MR) is 75.4 cm³/mol. The van der Waals surface area contributed by atoms with E-state index in [0.29, 0.717) is 39.3 Å². The molecule has 1 heterocycles. The zero-order valence-electron chi connectivity index (χ0n) is 12.4. The number of hydrogen-bond acceptors (Lipinski definition) is 4. The molecule has 112 valence electrons. The molecule has 1 aliphatic heterocycles. The second kappa shape index (κ2) is 13.3. The molecule has 5 nitrogen and oxygen atoms in total. The fraction of sp³-hybridized carbons (Fsp3) is 1.00. The largest absolute Gasteiger partial charge is 0.385 e. The van der Waals surface area contributed by atoms with Gasteiger partial charge in [-0.1, -0.05) is 27.7 Å². The lowest BCUT2D eigenvalue weighted by Gasteiger charge is -2.25. The Hall–Kier alpha value is -0.170. The molecular weight excluding hydrogens is 254 g/mol. The number of methoxy groups -OCH3 is 1. The third-order valence-electron chi connectivity index (χ3n) is 2.11. The standard InChI is InChI=1S/C8H17NO4S.2C2H6/c1-12-5-2-8-14(10,11)9-3-6-13-7-4-9;2*1-2/h2-8H2,1H3;2*1-2H3. The van der Waals surface area contributed by atoms with Crippen molar-refractivity contribution in [2.45, 2.75) is 34.1 Å². The highest BCUT2D eigenvalue weighted by atomic mass is 32.2. The maximum Gasteiger partial charge on any atom is 0.214 e. The number of sulfonamides is 1. The highest BCUT2D eigenvalue weighted by Crippen LogP contribution is 2.06. The van der Waals surface area contributed by atoms with E-state index in [-0.39, 0.29) is 5.75 Å². The van der Waals surface area contributed by atoms with Gasteiger partial charge in [-0.2, -0.15) is 4.31 Å². The molecule has 0 aromatic heterocycles. The van der Waals surface area contributed by atoms with Crippen molar-refractivity contribution in [1.29, 1.82) is 0 Å². The molecule has 0 aromatic carbocycles. The topological polar surface area (TPSA) is 55.8 Å². The van der Waals surface area contributed by atoms with Gasteiger partial charge in [-0.15, -0.1) is 0 Å². The van der Waals surface area contributed by atoms with E-state index in [9.17, 15) is 8.42 Å². The normalized spacial score (nSPS) is 16.1. The number of rotatable bonds is 5. The molecule has 0 atom stereocenters. The minimum Gasteiger partial charge on any atom is -0.385 e. The van der Waals surface area contributed by atoms with Crippen molar-refractivity contribution in [2.75, 3.05) is 45.8 Å². The number of nitrogens with zero attached hydrogens (tertiary/aromatic N) is 1. The van der Waals surface area contributed by atoms with Crippen molar-refractivity contribution in [3.8, 4) is 0 Å². The van der Waals surface area contributed by atoms with E-state index in [1.807, 2.05) is 27.7 Å². The monoisotopic (exact) mass is 283 g/mol.